The van der Waals surface area contributed by atoms with Crippen molar-refractivity contribution in [3.63, 3.8) is 0 Å². The predicted molar refractivity (Wildman–Crippen MR) is 35.0 cm³/mol. The first kappa shape index (κ1) is 4.90. The van der Waals surface area contributed by atoms with Crippen LogP contribution in [0.2, 0.25) is 5.31 Å². The van der Waals surface area contributed by atoms with Crippen LogP contribution in [0.1, 0.15) is 32.6 Å². The first-order valence-electron chi connectivity index (χ1n) is 3.45. The van der Waals surface area contributed by atoms with E-state index in [0.717, 1.165) is 0 Å². The van der Waals surface area contributed by atoms with Crippen molar-refractivity contribution in [2.24, 2.45) is 5.41 Å². The van der Waals surface area contributed by atoms with Gasteiger partial charge in [0.05, 0.1) is 7.85 Å². The first-order valence-corrected chi connectivity index (χ1v) is 3.45. The van der Waals surface area contributed by atoms with Crippen molar-refractivity contribution in [2.45, 2.75) is 37.9 Å². The van der Waals surface area contributed by atoms with E-state index < -0.39 is 0 Å². The summed E-state index contributed by atoms with van der Waals surface area (Å²) in [4.78, 5) is 0. The Morgan fingerprint density at radius 2 is 1.88 bits per heavy atom. The highest BCUT2D eigenvalue weighted by Gasteiger charge is 2.62. The van der Waals surface area contributed by atoms with E-state index >= 15 is 0 Å². The molecular formula is C7H11B. The molecule has 0 aromatic rings. The van der Waals surface area contributed by atoms with E-state index in [1.807, 2.05) is 0 Å². The van der Waals surface area contributed by atoms with Gasteiger partial charge in [0.25, 0.3) is 0 Å². The quantitative estimate of drug-likeness (QED) is 0.413. The Morgan fingerprint density at radius 3 is 1.88 bits per heavy atom. The summed E-state index contributed by atoms with van der Waals surface area (Å²) in [6.45, 7) is 2.19. The molecule has 0 bridgehead atoms. The molecule has 0 aliphatic heterocycles. The molecule has 0 aromatic carbocycles. The zero-order valence-electron chi connectivity index (χ0n) is 5.41. The average Bonchev–Trinajstić information content (AvgIpc) is 2.05. The molecule has 1 unspecified atom stereocenters. The second kappa shape index (κ2) is 1.01. The van der Waals surface area contributed by atoms with Gasteiger partial charge in [-0.05, 0) is 24.7 Å². The Hall–Kier alpha value is 0.0649. The third-order valence-corrected chi connectivity index (χ3v) is 3.10. The topological polar surface area (TPSA) is 0 Å². The summed E-state index contributed by atoms with van der Waals surface area (Å²) in [6.07, 6.45) is 5.52. The van der Waals surface area contributed by atoms with Gasteiger partial charge in [0.2, 0.25) is 0 Å². The van der Waals surface area contributed by atoms with Gasteiger partial charge in [-0.3, -0.25) is 0 Å². The number of hydrogen-bond donors (Lipinski definition) is 0. The molecular weight excluding hydrogens is 94.9 g/mol. The van der Waals surface area contributed by atoms with Gasteiger partial charge >= 0.3 is 0 Å². The second-order valence-electron chi connectivity index (χ2n) is 3.73. The highest BCUT2D eigenvalue weighted by Crippen LogP contribution is 2.77. The van der Waals surface area contributed by atoms with Gasteiger partial charge < -0.3 is 0 Å². The molecule has 0 aromatic heterocycles. The van der Waals surface area contributed by atoms with Gasteiger partial charge in [0.15, 0.2) is 0 Å². The molecule has 8 heavy (non-hydrogen) atoms. The fraction of sp³-hybridized carbons (Fsp3) is 1.00. The van der Waals surface area contributed by atoms with E-state index in [4.69, 9.17) is 7.85 Å². The lowest BCUT2D eigenvalue weighted by atomic mass is 9.68. The van der Waals surface area contributed by atoms with E-state index in [2.05, 4.69) is 6.92 Å². The Balaban J connectivity index is 2.12. The van der Waals surface area contributed by atoms with Gasteiger partial charge in [-0.2, -0.15) is 0 Å². The molecule has 2 fully saturated rings. The number of rotatable bonds is 0. The standard InChI is InChI=1S/C7H11B/c1-6(8)5-7(6)3-2-4-7/h2-5H2,1H3. The fourth-order valence-electron chi connectivity index (χ4n) is 2.01. The molecule has 2 rings (SSSR count). The van der Waals surface area contributed by atoms with Gasteiger partial charge in [0.1, 0.15) is 0 Å². The van der Waals surface area contributed by atoms with Crippen LogP contribution in [0.4, 0.5) is 0 Å². The summed E-state index contributed by atoms with van der Waals surface area (Å²) in [5.74, 6) is 0. The maximum Gasteiger partial charge on any atom is 0.0750 e. The Morgan fingerprint density at radius 1 is 1.38 bits per heavy atom. The van der Waals surface area contributed by atoms with E-state index in [1.165, 1.54) is 25.7 Å². The summed E-state index contributed by atoms with van der Waals surface area (Å²) >= 11 is 0. The van der Waals surface area contributed by atoms with E-state index in [-0.39, 0.29) is 5.31 Å². The Kier molecular flexibility index (Phi) is 0.617. The highest BCUT2D eigenvalue weighted by molar-refractivity contribution is 6.18. The van der Waals surface area contributed by atoms with Crippen molar-refractivity contribution in [3.8, 4) is 0 Å². The van der Waals surface area contributed by atoms with E-state index in [0.29, 0.717) is 5.41 Å². The molecule has 1 heteroatoms. The largest absolute Gasteiger partial charge is 0.0750 e. The van der Waals surface area contributed by atoms with Crippen LogP contribution in [0.25, 0.3) is 0 Å². The molecule has 2 aliphatic rings. The minimum Gasteiger partial charge on any atom is -0.0671 e. The van der Waals surface area contributed by atoms with Gasteiger partial charge in [-0.25, -0.2) is 0 Å². The molecule has 0 N–H and O–H groups in total. The van der Waals surface area contributed by atoms with Crippen molar-refractivity contribution in [2.75, 3.05) is 0 Å². The Bertz CT molecular complexity index is 122. The normalized spacial score (nSPS) is 48.6. The number of hydrogen-bond acceptors (Lipinski definition) is 0. The Labute approximate surface area is 52.1 Å². The summed E-state index contributed by atoms with van der Waals surface area (Å²) < 4.78 is 0. The van der Waals surface area contributed by atoms with Crippen LogP contribution in [0.15, 0.2) is 0 Å². The lowest BCUT2D eigenvalue weighted by molar-refractivity contribution is 0.269. The van der Waals surface area contributed by atoms with Crippen LogP contribution < -0.4 is 0 Å². The third kappa shape index (κ3) is 0.351. The second-order valence-corrected chi connectivity index (χ2v) is 3.73. The molecule has 0 saturated heterocycles. The predicted octanol–water partition coefficient (Wildman–Crippen LogP) is 1.91. The molecule has 0 heterocycles. The van der Waals surface area contributed by atoms with Crippen molar-refractivity contribution < 1.29 is 0 Å². The van der Waals surface area contributed by atoms with Crippen LogP contribution in [0, 0.1) is 5.41 Å². The zero-order chi connectivity index (χ0) is 5.83. The smallest absolute Gasteiger partial charge is 0.0671 e. The molecule has 42 valence electrons. The summed E-state index contributed by atoms with van der Waals surface area (Å²) in [5, 5.41) is 0.241. The average molecular weight is 106 g/mol. The monoisotopic (exact) mass is 106 g/mol. The molecule has 2 radical (unpaired) electrons. The fourth-order valence-corrected chi connectivity index (χ4v) is 2.01. The maximum absolute atomic E-state index is 5.91. The molecule has 0 amide bonds. The van der Waals surface area contributed by atoms with Crippen molar-refractivity contribution in [1.82, 2.24) is 0 Å². The van der Waals surface area contributed by atoms with Crippen LogP contribution in [-0.4, -0.2) is 7.85 Å². The molecule has 1 atom stereocenters. The molecule has 1 spiro atoms. The minimum absolute atomic E-state index is 0.241. The SMILES string of the molecule is [B]C1(C)CC12CCC2. The summed E-state index contributed by atoms with van der Waals surface area (Å²) in [5.41, 5.74) is 0.646. The molecule has 0 nitrogen and oxygen atoms in total. The summed E-state index contributed by atoms with van der Waals surface area (Å²) in [6, 6.07) is 0. The minimum atomic E-state index is 0.241. The molecule has 2 aliphatic carbocycles. The van der Waals surface area contributed by atoms with Gasteiger partial charge in [0, 0.05) is 0 Å². The van der Waals surface area contributed by atoms with Crippen LogP contribution in [0.3, 0.4) is 0 Å². The van der Waals surface area contributed by atoms with Gasteiger partial charge in [-0.15, -0.1) is 0 Å². The van der Waals surface area contributed by atoms with Crippen molar-refractivity contribution >= 4 is 7.85 Å². The van der Waals surface area contributed by atoms with E-state index in [1.54, 1.807) is 0 Å². The summed E-state index contributed by atoms with van der Waals surface area (Å²) in [7, 11) is 5.91. The van der Waals surface area contributed by atoms with Crippen LogP contribution in [0.5, 0.6) is 0 Å². The zero-order valence-corrected chi connectivity index (χ0v) is 5.41. The molecule has 2 saturated carbocycles. The first-order chi connectivity index (χ1) is 3.66. The highest BCUT2D eigenvalue weighted by atomic mass is 14.6. The maximum atomic E-state index is 5.91. The van der Waals surface area contributed by atoms with Crippen LogP contribution >= 0.6 is 0 Å². The van der Waals surface area contributed by atoms with Crippen molar-refractivity contribution in [1.29, 1.82) is 0 Å². The third-order valence-electron chi connectivity index (χ3n) is 3.10. The van der Waals surface area contributed by atoms with Crippen molar-refractivity contribution in [3.05, 3.63) is 0 Å². The van der Waals surface area contributed by atoms with Gasteiger partial charge in [-0.1, -0.05) is 18.7 Å². The lowest BCUT2D eigenvalue weighted by Crippen LogP contribution is -2.16. The van der Waals surface area contributed by atoms with E-state index in [9.17, 15) is 0 Å². The lowest BCUT2D eigenvalue weighted by Gasteiger charge is -2.29. The van der Waals surface area contributed by atoms with Crippen LogP contribution in [-0.2, 0) is 0 Å².